The van der Waals surface area contributed by atoms with Gasteiger partial charge in [0.1, 0.15) is 17.5 Å². The quantitative estimate of drug-likeness (QED) is 0.282. The van der Waals surface area contributed by atoms with Crippen molar-refractivity contribution in [3.05, 3.63) is 96.1 Å². The highest BCUT2D eigenvalue weighted by molar-refractivity contribution is 5.88. The van der Waals surface area contributed by atoms with Gasteiger partial charge >= 0.3 is 0 Å². The highest BCUT2D eigenvalue weighted by Crippen LogP contribution is 2.19. The summed E-state index contributed by atoms with van der Waals surface area (Å²) in [5.41, 5.74) is 2.01. The van der Waals surface area contributed by atoms with Crippen molar-refractivity contribution in [2.75, 3.05) is 20.3 Å². The van der Waals surface area contributed by atoms with Crippen LogP contribution in [0.1, 0.15) is 43.7 Å². The molecule has 0 spiro atoms. The molecule has 37 heavy (non-hydrogen) atoms. The summed E-state index contributed by atoms with van der Waals surface area (Å²) in [6.45, 7) is 3.47. The van der Waals surface area contributed by atoms with Gasteiger partial charge in [-0.2, -0.15) is 0 Å². The molecule has 0 saturated heterocycles. The zero-order valence-corrected chi connectivity index (χ0v) is 21.9. The zero-order chi connectivity index (χ0) is 26.3. The van der Waals surface area contributed by atoms with E-state index < -0.39 is 6.04 Å². The number of ether oxygens (including phenoxy) is 2. The van der Waals surface area contributed by atoms with Crippen molar-refractivity contribution in [3.63, 3.8) is 0 Å². The molecule has 1 unspecified atom stereocenters. The summed E-state index contributed by atoms with van der Waals surface area (Å²) in [6.07, 6.45) is 3.19. The van der Waals surface area contributed by atoms with Gasteiger partial charge in [-0.1, -0.05) is 74.0 Å². The molecule has 1 atom stereocenters. The largest absolute Gasteiger partial charge is 0.497 e. The summed E-state index contributed by atoms with van der Waals surface area (Å²) in [5.74, 6) is 1.32. The number of nitrogens with zero attached hydrogens (tertiary/aromatic N) is 1. The van der Waals surface area contributed by atoms with Crippen LogP contribution in [-0.2, 0) is 22.6 Å². The first-order valence-corrected chi connectivity index (χ1v) is 13.0. The van der Waals surface area contributed by atoms with E-state index in [1.165, 1.54) is 0 Å². The van der Waals surface area contributed by atoms with Crippen LogP contribution >= 0.6 is 0 Å². The molecule has 0 fully saturated rings. The van der Waals surface area contributed by atoms with Gasteiger partial charge in [0.25, 0.3) is 0 Å². The molecule has 1 N–H and O–H groups in total. The van der Waals surface area contributed by atoms with Crippen molar-refractivity contribution in [2.24, 2.45) is 0 Å². The maximum Gasteiger partial charge on any atom is 0.243 e. The molecule has 0 radical (unpaired) electrons. The average Bonchev–Trinajstić information content (AvgIpc) is 2.94. The van der Waals surface area contributed by atoms with Crippen LogP contribution in [0.25, 0.3) is 0 Å². The normalized spacial score (nSPS) is 11.4. The number of hydrogen-bond donors (Lipinski definition) is 1. The van der Waals surface area contributed by atoms with Crippen LogP contribution in [0.3, 0.4) is 0 Å². The Morgan fingerprint density at radius 1 is 0.838 bits per heavy atom. The van der Waals surface area contributed by atoms with E-state index in [2.05, 4.69) is 12.2 Å². The van der Waals surface area contributed by atoms with Gasteiger partial charge in [-0.15, -0.1) is 0 Å². The minimum absolute atomic E-state index is 0.0613. The molecule has 3 aromatic rings. The van der Waals surface area contributed by atoms with Gasteiger partial charge in [-0.25, -0.2) is 0 Å². The van der Waals surface area contributed by atoms with Crippen molar-refractivity contribution in [3.8, 4) is 11.5 Å². The Kier molecular flexibility index (Phi) is 11.5. The monoisotopic (exact) mass is 502 g/mol. The van der Waals surface area contributed by atoms with E-state index in [4.69, 9.17) is 9.47 Å². The number of nitrogens with one attached hydrogen (secondary N) is 1. The Balaban J connectivity index is 1.72. The molecule has 196 valence electrons. The first kappa shape index (κ1) is 27.8. The molecule has 0 bridgehead atoms. The smallest absolute Gasteiger partial charge is 0.243 e. The molecule has 0 aliphatic carbocycles. The van der Waals surface area contributed by atoms with Gasteiger partial charge in [0.15, 0.2) is 0 Å². The van der Waals surface area contributed by atoms with Crippen molar-refractivity contribution in [1.82, 2.24) is 10.2 Å². The van der Waals surface area contributed by atoms with Crippen LogP contribution in [0.15, 0.2) is 84.9 Å². The second-order valence-electron chi connectivity index (χ2n) is 8.98. The predicted molar refractivity (Wildman–Crippen MR) is 147 cm³/mol. The minimum atomic E-state index is -0.602. The Labute approximate surface area is 220 Å². The third-order valence-electron chi connectivity index (χ3n) is 6.16. The van der Waals surface area contributed by atoms with Crippen LogP contribution in [0.2, 0.25) is 0 Å². The second kappa shape index (κ2) is 15.3. The third-order valence-corrected chi connectivity index (χ3v) is 6.16. The summed E-state index contributed by atoms with van der Waals surface area (Å²) >= 11 is 0. The number of hydrogen-bond acceptors (Lipinski definition) is 4. The fraction of sp³-hybridized carbons (Fsp3) is 0.355. The number of carbonyl (C=O) groups excluding carboxylic acids is 2. The second-order valence-corrected chi connectivity index (χ2v) is 8.98. The van der Waals surface area contributed by atoms with Gasteiger partial charge in [0.2, 0.25) is 11.8 Å². The van der Waals surface area contributed by atoms with E-state index in [-0.39, 0.29) is 18.2 Å². The summed E-state index contributed by atoms with van der Waals surface area (Å²) in [7, 11) is 1.62. The summed E-state index contributed by atoms with van der Waals surface area (Å²) in [5, 5.41) is 3.06. The molecule has 6 nitrogen and oxygen atoms in total. The third kappa shape index (κ3) is 9.30. The molecular formula is C31H38N2O4. The molecule has 6 heteroatoms. The van der Waals surface area contributed by atoms with Crippen molar-refractivity contribution in [1.29, 1.82) is 0 Å². The molecule has 0 saturated carbocycles. The van der Waals surface area contributed by atoms with Crippen LogP contribution in [0, 0.1) is 0 Å². The number of amides is 2. The SMILES string of the molecule is CCCCNC(=O)C(Cc1ccccc1)N(Cc1ccccc1)C(=O)CCCOc1ccc(OC)cc1. The molecule has 3 aromatic carbocycles. The van der Waals surface area contributed by atoms with E-state index in [9.17, 15) is 9.59 Å². The van der Waals surface area contributed by atoms with Crippen LogP contribution in [0.5, 0.6) is 11.5 Å². The Morgan fingerprint density at radius 2 is 1.46 bits per heavy atom. The lowest BCUT2D eigenvalue weighted by Crippen LogP contribution is -2.50. The number of rotatable bonds is 15. The zero-order valence-electron chi connectivity index (χ0n) is 21.9. The van der Waals surface area contributed by atoms with E-state index >= 15 is 0 Å². The maximum absolute atomic E-state index is 13.6. The van der Waals surface area contributed by atoms with E-state index in [0.29, 0.717) is 32.5 Å². The van der Waals surface area contributed by atoms with E-state index in [1.807, 2.05) is 84.9 Å². The predicted octanol–water partition coefficient (Wildman–Crippen LogP) is 5.41. The fourth-order valence-corrected chi connectivity index (χ4v) is 4.07. The highest BCUT2D eigenvalue weighted by atomic mass is 16.5. The van der Waals surface area contributed by atoms with Gasteiger partial charge in [0.05, 0.1) is 13.7 Å². The molecule has 3 rings (SSSR count). The van der Waals surface area contributed by atoms with Crippen molar-refractivity contribution >= 4 is 11.8 Å². The molecule has 0 heterocycles. The first-order valence-electron chi connectivity index (χ1n) is 13.0. The Bertz CT molecular complexity index is 1070. The number of carbonyl (C=O) groups is 2. The fourth-order valence-electron chi connectivity index (χ4n) is 4.07. The molecule has 0 aliphatic rings. The maximum atomic E-state index is 13.6. The lowest BCUT2D eigenvalue weighted by atomic mass is 10.0. The molecule has 0 aromatic heterocycles. The van der Waals surface area contributed by atoms with Crippen LogP contribution in [0.4, 0.5) is 0 Å². The van der Waals surface area contributed by atoms with E-state index in [0.717, 1.165) is 35.5 Å². The van der Waals surface area contributed by atoms with Crippen LogP contribution in [-0.4, -0.2) is 43.0 Å². The Hall–Kier alpha value is -3.80. The molecule has 0 aliphatic heterocycles. The average molecular weight is 503 g/mol. The van der Waals surface area contributed by atoms with Crippen molar-refractivity contribution in [2.45, 2.75) is 51.6 Å². The highest BCUT2D eigenvalue weighted by Gasteiger charge is 2.30. The molecular weight excluding hydrogens is 464 g/mol. The lowest BCUT2D eigenvalue weighted by Gasteiger charge is -2.31. The lowest BCUT2D eigenvalue weighted by molar-refractivity contribution is -0.141. The van der Waals surface area contributed by atoms with Crippen LogP contribution < -0.4 is 14.8 Å². The number of benzene rings is 3. The minimum Gasteiger partial charge on any atom is -0.497 e. The van der Waals surface area contributed by atoms with Gasteiger partial charge in [0, 0.05) is 25.9 Å². The van der Waals surface area contributed by atoms with E-state index in [1.54, 1.807) is 12.0 Å². The van der Waals surface area contributed by atoms with Gasteiger partial charge in [-0.05, 0) is 48.2 Å². The number of methoxy groups -OCH3 is 1. The standard InChI is InChI=1S/C31H38N2O4/c1-3-4-21-32-31(35)29(23-25-12-7-5-8-13-25)33(24-26-14-9-6-10-15-26)30(34)16-11-22-37-28-19-17-27(36-2)18-20-28/h5-10,12-15,17-20,29H,3-4,11,16,21-24H2,1-2H3,(H,32,35). The number of unbranched alkanes of at least 4 members (excludes halogenated alkanes) is 1. The first-order chi connectivity index (χ1) is 18.1. The summed E-state index contributed by atoms with van der Waals surface area (Å²) in [6, 6.07) is 26.5. The molecule has 2 amide bonds. The van der Waals surface area contributed by atoms with Gasteiger partial charge in [-0.3, -0.25) is 9.59 Å². The van der Waals surface area contributed by atoms with Crippen molar-refractivity contribution < 1.29 is 19.1 Å². The summed E-state index contributed by atoms with van der Waals surface area (Å²) in [4.78, 5) is 28.7. The summed E-state index contributed by atoms with van der Waals surface area (Å²) < 4.78 is 11.0. The van der Waals surface area contributed by atoms with Gasteiger partial charge < -0.3 is 19.7 Å². The Morgan fingerprint density at radius 3 is 2.08 bits per heavy atom. The topological polar surface area (TPSA) is 67.9 Å².